The van der Waals surface area contributed by atoms with E-state index in [2.05, 4.69) is 0 Å². The van der Waals surface area contributed by atoms with Gasteiger partial charge in [0.1, 0.15) is 11.3 Å². The van der Waals surface area contributed by atoms with E-state index < -0.39 is 32.7 Å². The van der Waals surface area contributed by atoms with E-state index in [1.807, 2.05) is 0 Å². The number of carbonyl (C=O) groups excluding carboxylic acids is 1. The Bertz CT molecular complexity index is 1340. The van der Waals surface area contributed by atoms with Gasteiger partial charge in [-0.2, -0.15) is 0 Å². The summed E-state index contributed by atoms with van der Waals surface area (Å²) in [6.07, 6.45) is 4.53. The highest BCUT2D eigenvalue weighted by atomic mass is 35.5. The molecule has 2 fully saturated rings. The Balaban J connectivity index is 1.70. The van der Waals surface area contributed by atoms with Crippen molar-refractivity contribution in [3.05, 3.63) is 44.7 Å². The first-order valence-electron chi connectivity index (χ1n) is 11.8. The molecular weight excluding hydrogens is 478 g/mol. The number of rotatable bonds is 6. The van der Waals surface area contributed by atoms with Gasteiger partial charge in [-0.1, -0.05) is 18.0 Å². The summed E-state index contributed by atoms with van der Waals surface area (Å²) in [6, 6.07) is 4.37. The molecule has 1 aromatic carbocycles. The summed E-state index contributed by atoms with van der Waals surface area (Å²) >= 11 is 6.55. The molecule has 3 aliphatic rings. The molecular formula is C25H28ClNO6S. The van der Waals surface area contributed by atoms with Crippen LogP contribution in [0.4, 0.5) is 0 Å². The SMILES string of the molecule is CC(C)OC(=O)c1cc2c(n(C3CC3)c1=O)-c1cc(Cl)c(OCC3CCC3)cc1S(=O)(=O)C2C. The van der Waals surface area contributed by atoms with E-state index in [1.54, 1.807) is 31.4 Å². The zero-order valence-corrected chi connectivity index (χ0v) is 21.0. The number of hydrogen-bond donors (Lipinski definition) is 0. The van der Waals surface area contributed by atoms with Crippen LogP contribution in [-0.2, 0) is 14.6 Å². The molecule has 2 saturated carbocycles. The fourth-order valence-electron chi connectivity index (χ4n) is 4.65. The summed E-state index contributed by atoms with van der Waals surface area (Å²) in [4.78, 5) is 26.3. The van der Waals surface area contributed by atoms with Crippen molar-refractivity contribution >= 4 is 27.4 Å². The quantitative estimate of drug-likeness (QED) is 0.507. The summed E-state index contributed by atoms with van der Waals surface area (Å²) in [6.45, 7) is 5.48. The van der Waals surface area contributed by atoms with Gasteiger partial charge in [0.15, 0.2) is 9.84 Å². The molecule has 2 heterocycles. The van der Waals surface area contributed by atoms with Crippen molar-refractivity contribution in [2.24, 2.45) is 5.92 Å². The highest BCUT2D eigenvalue weighted by molar-refractivity contribution is 7.92. The monoisotopic (exact) mass is 505 g/mol. The smallest absolute Gasteiger partial charge is 0.344 e. The first-order valence-corrected chi connectivity index (χ1v) is 13.7. The van der Waals surface area contributed by atoms with Crippen LogP contribution in [0.3, 0.4) is 0 Å². The van der Waals surface area contributed by atoms with Crippen molar-refractivity contribution in [3.8, 4) is 17.0 Å². The number of nitrogens with zero attached hydrogens (tertiary/aromatic N) is 1. The Hall–Kier alpha value is -2.32. The Labute approximate surface area is 203 Å². The Morgan fingerprint density at radius 1 is 1.18 bits per heavy atom. The van der Waals surface area contributed by atoms with Crippen LogP contribution < -0.4 is 10.3 Å². The van der Waals surface area contributed by atoms with Gasteiger partial charge in [0, 0.05) is 17.7 Å². The van der Waals surface area contributed by atoms with Crippen molar-refractivity contribution in [1.29, 1.82) is 0 Å². The molecule has 2 aliphatic carbocycles. The zero-order valence-electron chi connectivity index (χ0n) is 19.5. The second-order valence-corrected chi connectivity index (χ2v) is 12.4. The number of esters is 1. The van der Waals surface area contributed by atoms with E-state index in [-0.39, 0.29) is 16.5 Å². The van der Waals surface area contributed by atoms with Gasteiger partial charge in [0.25, 0.3) is 5.56 Å². The second kappa shape index (κ2) is 8.41. The first kappa shape index (κ1) is 23.4. The summed E-state index contributed by atoms with van der Waals surface area (Å²) in [5.74, 6) is 0.0572. The van der Waals surface area contributed by atoms with Crippen molar-refractivity contribution < 1.29 is 22.7 Å². The molecule has 0 bridgehead atoms. The molecule has 1 unspecified atom stereocenters. The molecule has 1 aliphatic heterocycles. The minimum atomic E-state index is -3.81. The summed E-state index contributed by atoms with van der Waals surface area (Å²) in [7, 11) is -3.81. The molecule has 1 atom stereocenters. The first-order chi connectivity index (χ1) is 16.1. The number of hydrogen-bond acceptors (Lipinski definition) is 6. The average molecular weight is 506 g/mol. The number of benzene rings is 1. The zero-order chi connectivity index (χ0) is 24.4. The lowest BCUT2D eigenvalue weighted by atomic mass is 9.86. The van der Waals surface area contributed by atoms with Gasteiger partial charge in [-0.15, -0.1) is 0 Å². The van der Waals surface area contributed by atoms with E-state index in [1.165, 1.54) is 18.6 Å². The van der Waals surface area contributed by atoms with Crippen LogP contribution in [0.1, 0.15) is 80.1 Å². The molecule has 0 saturated heterocycles. The molecule has 182 valence electrons. The maximum Gasteiger partial charge on any atom is 0.344 e. The number of pyridine rings is 1. The molecule has 34 heavy (non-hydrogen) atoms. The van der Waals surface area contributed by atoms with Gasteiger partial charge in [-0.3, -0.25) is 4.79 Å². The summed E-state index contributed by atoms with van der Waals surface area (Å²) in [5.41, 5.74) is 0.691. The predicted octanol–water partition coefficient (Wildman–Crippen LogP) is 5.10. The van der Waals surface area contributed by atoms with E-state index in [0.717, 1.165) is 25.7 Å². The third kappa shape index (κ3) is 3.85. The third-order valence-electron chi connectivity index (χ3n) is 6.94. The van der Waals surface area contributed by atoms with Crippen LogP contribution in [0.15, 0.2) is 27.9 Å². The topological polar surface area (TPSA) is 91.7 Å². The van der Waals surface area contributed by atoms with Crippen molar-refractivity contribution in [2.75, 3.05) is 6.61 Å². The molecule has 7 nitrogen and oxygen atoms in total. The largest absolute Gasteiger partial charge is 0.492 e. The van der Waals surface area contributed by atoms with Crippen LogP contribution in [0, 0.1) is 5.92 Å². The van der Waals surface area contributed by atoms with Crippen molar-refractivity contribution in [3.63, 3.8) is 0 Å². The number of fused-ring (bicyclic) bond motifs is 3. The molecule has 0 amide bonds. The third-order valence-corrected chi connectivity index (χ3v) is 9.37. The number of carbonyl (C=O) groups is 1. The van der Waals surface area contributed by atoms with Crippen molar-refractivity contribution in [1.82, 2.24) is 4.57 Å². The summed E-state index contributed by atoms with van der Waals surface area (Å²) < 4.78 is 39.9. The van der Waals surface area contributed by atoms with Crippen LogP contribution in [0.5, 0.6) is 5.75 Å². The fourth-order valence-corrected chi connectivity index (χ4v) is 6.49. The molecule has 5 rings (SSSR count). The van der Waals surface area contributed by atoms with E-state index >= 15 is 0 Å². The number of halogens is 1. The van der Waals surface area contributed by atoms with Crippen LogP contribution >= 0.6 is 11.6 Å². The van der Waals surface area contributed by atoms with Gasteiger partial charge < -0.3 is 14.0 Å². The van der Waals surface area contributed by atoms with Crippen molar-refractivity contribution in [2.45, 2.75) is 75.2 Å². The van der Waals surface area contributed by atoms with E-state index in [9.17, 15) is 18.0 Å². The molecule has 2 aromatic rings. The second-order valence-electron chi connectivity index (χ2n) is 9.80. The molecule has 0 N–H and O–H groups in total. The average Bonchev–Trinajstić information content (AvgIpc) is 3.56. The Morgan fingerprint density at radius 2 is 1.88 bits per heavy atom. The van der Waals surface area contributed by atoms with Gasteiger partial charge in [-0.25, -0.2) is 13.2 Å². The molecule has 1 aromatic heterocycles. The van der Waals surface area contributed by atoms with Gasteiger partial charge in [0.05, 0.1) is 33.6 Å². The Morgan fingerprint density at radius 3 is 2.47 bits per heavy atom. The minimum absolute atomic E-state index is 0.0952. The maximum atomic E-state index is 13.6. The minimum Gasteiger partial charge on any atom is -0.492 e. The highest BCUT2D eigenvalue weighted by Gasteiger charge is 2.41. The fraction of sp³-hybridized carbons (Fsp3) is 0.520. The summed E-state index contributed by atoms with van der Waals surface area (Å²) in [5, 5.41) is -0.654. The number of sulfone groups is 1. The van der Waals surface area contributed by atoms with Gasteiger partial charge in [-0.05, 0) is 70.1 Å². The van der Waals surface area contributed by atoms with E-state index in [4.69, 9.17) is 21.1 Å². The lowest BCUT2D eigenvalue weighted by molar-refractivity contribution is 0.0375. The van der Waals surface area contributed by atoms with Gasteiger partial charge in [0.2, 0.25) is 0 Å². The molecule has 0 radical (unpaired) electrons. The highest BCUT2D eigenvalue weighted by Crippen LogP contribution is 2.50. The van der Waals surface area contributed by atoms with Crippen LogP contribution in [-0.4, -0.2) is 31.7 Å². The standard InChI is InChI=1S/C25H28ClNO6S/c1-13(2)33-25(29)19-9-17-14(3)34(30,31)22-11-21(32-12-15-5-4-6-15)20(26)10-18(22)23(17)27(24(19)28)16-7-8-16/h9-11,13-16H,4-8,12H2,1-3H3. The van der Waals surface area contributed by atoms with Gasteiger partial charge >= 0.3 is 5.97 Å². The normalized spacial score (nSPS) is 20.9. The van der Waals surface area contributed by atoms with Crippen LogP contribution in [0.2, 0.25) is 5.02 Å². The number of ether oxygens (including phenoxy) is 2. The Kier molecular flexibility index (Phi) is 5.80. The lowest BCUT2D eigenvalue weighted by Gasteiger charge is -2.30. The lowest BCUT2D eigenvalue weighted by Crippen LogP contribution is -2.33. The molecule has 9 heteroatoms. The van der Waals surface area contributed by atoms with E-state index in [0.29, 0.717) is 40.1 Å². The molecule has 0 spiro atoms. The maximum absolute atomic E-state index is 13.6. The van der Waals surface area contributed by atoms with Crippen LogP contribution in [0.25, 0.3) is 11.3 Å². The predicted molar refractivity (Wildman–Crippen MR) is 128 cm³/mol. The number of aromatic nitrogens is 1.